The summed E-state index contributed by atoms with van der Waals surface area (Å²) in [5, 5.41) is 19.2. The molecule has 0 atom stereocenters. The molecule has 156 valence electrons. The van der Waals surface area contributed by atoms with Crippen LogP contribution in [0.4, 0.5) is 5.69 Å². The summed E-state index contributed by atoms with van der Waals surface area (Å²) in [5.74, 6) is -0.00741. The number of nitriles is 1. The molecule has 0 saturated carbocycles. The largest absolute Gasteiger partial charge is 0.481 e. The molecule has 0 fully saturated rings. The summed E-state index contributed by atoms with van der Waals surface area (Å²) >= 11 is 0. The van der Waals surface area contributed by atoms with Gasteiger partial charge in [0, 0.05) is 6.07 Å². The predicted octanol–water partition coefficient (Wildman–Crippen LogP) is 2.46. The van der Waals surface area contributed by atoms with Crippen molar-refractivity contribution in [1.82, 2.24) is 0 Å². The molecule has 9 heteroatoms. The van der Waals surface area contributed by atoms with Crippen molar-refractivity contribution in [2.75, 3.05) is 18.1 Å². The van der Waals surface area contributed by atoms with Crippen molar-refractivity contribution in [1.29, 1.82) is 5.26 Å². The van der Waals surface area contributed by atoms with E-state index in [0.717, 1.165) is 0 Å². The van der Waals surface area contributed by atoms with Crippen LogP contribution in [0.15, 0.2) is 58.8 Å². The first-order valence-electron chi connectivity index (χ1n) is 9.51. The zero-order valence-electron chi connectivity index (χ0n) is 16.4. The number of aliphatic carboxylic acids is 1. The number of aromatic nitrogens is 1. The fraction of sp³-hybridized carbons (Fsp3) is 0.182. The number of aryl methyl sites for hydroxylation is 1. The van der Waals surface area contributed by atoms with Crippen LogP contribution in [-0.2, 0) is 20.9 Å². The van der Waals surface area contributed by atoms with Crippen LogP contribution in [0, 0.1) is 11.3 Å². The van der Waals surface area contributed by atoms with Crippen LogP contribution in [0.2, 0.25) is 0 Å². The molecule has 4 rings (SSSR count). The number of hydrogen-bond donors (Lipinski definition) is 1. The molecule has 1 aliphatic heterocycles. The van der Waals surface area contributed by atoms with Crippen LogP contribution < -0.4 is 14.2 Å². The average Bonchev–Trinajstić information content (AvgIpc) is 3.32. The summed E-state index contributed by atoms with van der Waals surface area (Å²) in [6.45, 7) is 0.812. The molecule has 0 aliphatic carbocycles. The highest BCUT2D eigenvalue weighted by molar-refractivity contribution is 5.82. The van der Waals surface area contributed by atoms with Gasteiger partial charge < -0.3 is 23.9 Å². The van der Waals surface area contributed by atoms with Crippen molar-refractivity contribution < 1.29 is 33.2 Å². The van der Waals surface area contributed by atoms with Gasteiger partial charge in [0.1, 0.15) is 19.1 Å². The van der Waals surface area contributed by atoms with E-state index >= 15 is 0 Å². The Kier molecular flexibility index (Phi) is 5.53. The number of rotatable bonds is 8. The lowest BCUT2D eigenvalue weighted by atomic mass is 10.2. The van der Waals surface area contributed by atoms with Crippen molar-refractivity contribution in [3.8, 4) is 11.8 Å². The van der Waals surface area contributed by atoms with E-state index in [-0.39, 0.29) is 43.5 Å². The van der Waals surface area contributed by atoms with E-state index in [2.05, 4.69) is 6.07 Å². The molecular formula is C22H18N3O6+. The fourth-order valence-corrected chi connectivity index (χ4v) is 3.47. The highest BCUT2D eigenvalue weighted by atomic mass is 16.5. The number of para-hydroxylation sites is 4. The van der Waals surface area contributed by atoms with E-state index in [1.807, 2.05) is 24.3 Å². The number of hydrogen-bond acceptors (Lipinski definition) is 7. The van der Waals surface area contributed by atoms with Crippen molar-refractivity contribution in [3.05, 3.63) is 60.3 Å². The summed E-state index contributed by atoms with van der Waals surface area (Å²) < 4.78 is 18.4. The minimum Gasteiger partial charge on any atom is -0.481 e. The Morgan fingerprint density at radius 2 is 2.00 bits per heavy atom. The third-order valence-electron chi connectivity index (χ3n) is 4.81. The Morgan fingerprint density at radius 1 is 1.23 bits per heavy atom. The first-order chi connectivity index (χ1) is 15.1. The molecule has 2 aromatic carbocycles. The Hall–Kier alpha value is -4.32. The number of allylic oxidation sites excluding steroid dienone is 1. The highest BCUT2D eigenvalue weighted by Crippen LogP contribution is 2.41. The Balaban J connectivity index is 1.86. The molecule has 1 aromatic heterocycles. The topological polar surface area (TPSA) is 117 Å². The van der Waals surface area contributed by atoms with E-state index in [0.29, 0.717) is 29.0 Å². The zero-order chi connectivity index (χ0) is 21.8. The summed E-state index contributed by atoms with van der Waals surface area (Å²) in [5.41, 5.74) is 2.00. The van der Waals surface area contributed by atoms with Crippen LogP contribution >= 0.6 is 0 Å². The summed E-state index contributed by atoms with van der Waals surface area (Å²) in [6, 6.07) is 16.5. The second kappa shape index (κ2) is 8.59. The molecule has 0 saturated heterocycles. The number of anilines is 1. The number of carboxylic acid groups (broad SMARTS) is 1. The third-order valence-corrected chi connectivity index (χ3v) is 4.81. The first-order valence-corrected chi connectivity index (χ1v) is 9.51. The molecule has 0 bridgehead atoms. The number of fused-ring (bicyclic) bond motifs is 2. The quantitative estimate of drug-likeness (QED) is 0.256. The van der Waals surface area contributed by atoms with E-state index in [9.17, 15) is 14.9 Å². The number of carboxylic acids is 1. The molecular weight excluding hydrogens is 402 g/mol. The summed E-state index contributed by atoms with van der Waals surface area (Å²) in [7, 11) is 0. The summed E-state index contributed by atoms with van der Waals surface area (Å²) in [6.07, 6.45) is -0.146. The molecule has 0 spiro atoms. The summed E-state index contributed by atoms with van der Waals surface area (Å²) in [4.78, 5) is 23.5. The number of ether oxygens (including phenoxy) is 2. The van der Waals surface area contributed by atoms with E-state index in [4.69, 9.17) is 19.0 Å². The monoisotopic (exact) mass is 420 g/mol. The lowest BCUT2D eigenvalue weighted by Gasteiger charge is -2.17. The Bertz CT molecular complexity index is 1220. The van der Waals surface area contributed by atoms with Gasteiger partial charge >= 0.3 is 11.9 Å². The van der Waals surface area contributed by atoms with Gasteiger partial charge in [0.15, 0.2) is 12.3 Å². The van der Waals surface area contributed by atoms with E-state index in [1.54, 1.807) is 33.7 Å². The van der Waals surface area contributed by atoms with Gasteiger partial charge in [-0.05, 0) is 18.2 Å². The molecule has 1 N–H and O–H groups in total. The second-order valence-electron chi connectivity index (χ2n) is 6.65. The number of oxazole rings is 1. The van der Waals surface area contributed by atoms with Crippen LogP contribution in [-0.4, -0.2) is 30.7 Å². The number of nitrogens with zero attached hydrogens (tertiary/aromatic N) is 3. The zero-order valence-corrected chi connectivity index (χ0v) is 16.4. The van der Waals surface area contributed by atoms with Gasteiger partial charge in [-0.3, -0.25) is 9.59 Å². The van der Waals surface area contributed by atoms with E-state index in [1.165, 1.54) is 0 Å². The smallest absolute Gasteiger partial charge is 0.398 e. The Labute approximate surface area is 176 Å². The lowest BCUT2D eigenvalue weighted by molar-refractivity contribution is -0.677. The molecule has 0 amide bonds. The standard InChI is InChI=1S/C22H17N3O6/c23-13-15(21-24(10-9-20(27)28)16-5-1-3-7-18(16)30-21)22-25(11-12-29-14-26)17-6-2-4-8-19(17)31-22/h1-8,14H,9-12H2/p+1. The maximum Gasteiger partial charge on any atom is 0.398 e. The molecule has 0 unspecified atom stereocenters. The highest BCUT2D eigenvalue weighted by Gasteiger charge is 2.36. The van der Waals surface area contributed by atoms with Gasteiger partial charge in [-0.2, -0.15) is 9.83 Å². The van der Waals surface area contributed by atoms with Gasteiger partial charge in [0.05, 0.1) is 12.2 Å². The minimum atomic E-state index is -0.966. The molecule has 3 aromatic rings. The molecule has 0 radical (unpaired) electrons. The molecule has 9 nitrogen and oxygen atoms in total. The van der Waals surface area contributed by atoms with Gasteiger partial charge in [0.25, 0.3) is 12.0 Å². The number of benzene rings is 2. The normalized spacial score (nSPS) is 14.0. The fourth-order valence-electron chi connectivity index (χ4n) is 3.47. The van der Waals surface area contributed by atoms with Crippen molar-refractivity contribution >= 4 is 34.8 Å². The maximum absolute atomic E-state index is 11.2. The van der Waals surface area contributed by atoms with E-state index < -0.39 is 5.97 Å². The molecule has 2 heterocycles. The van der Waals surface area contributed by atoms with Gasteiger partial charge in [-0.25, -0.2) is 0 Å². The van der Waals surface area contributed by atoms with Crippen LogP contribution in [0.3, 0.4) is 0 Å². The van der Waals surface area contributed by atoms with Crippen LogP contribution in [0.1, 0.15) is 12.3 Å². The molecule has 1 aliphatic rings. The van der Waals surface area contributed by atoms with Crippen molar-refractivity contribution in [2.45, 2.75) is 13.0 Å². The van der Waals surface area contributed by atoms with Crippen LogP contribution in [0.5, 0.6) is 5.75 Å². The Morgan fingerprint density at radius 3 is 2.77 bits per heavy atom. The van der Waals surface area contributed by atoms with Crippen LogP contribution in [0.25, 0.3) is 16.7 Å². The molecule has 31 heavy (non-hydrogen) atoms. The minimum absolute atomic E-state index is 0.0859. The van der Waals surface area contributed by atoms with Gasteiger partial charge in [-0.1, -0.05) is 24.3 Å². The third kappa shape index (κ3) is 3.79. The van der Waals surface area contributed by atoms with Gasteiger partial charge in [-0.15, -0.1) is 0 Å². The van der Waals surface area contributed by atoms with Crippen molar-refractivity contribution in [3.63, 3.8) is 0 Å². The number of carbonyl (C=O) groups is 2. The first kappa shape index (κ1) is 20.0. The second-order valence-corrected chi connectivity index (χ2v) is 6.65. The van der Waals surface area contributed by atoms with Crippen molar-refractivity contribution in [2.24, 2.45) is 0 Å². The predicted molar refractivity (Wildman–Crippen MR) is 108 cm³/mol. The maximum atomic E-state index is 11.2. The lowest BCUT2D eigenvalue weighted by Crippen LogP contribution is -2.38. The van der Waals surface area contributed by atoms with Gasteiger partial charge in [0.2, 0.25) is 17.0 Å². The number of carbonyl (C=O) groups excluding carboxylic acids is 1. The SMILES string of the molecule is N#CC(=C1Oc2ccccc2N1CCOC=O)c1oc2ccccc2[n+]1CCC(=O)O. The average molecular weight is 420 g/mol.